The maximum Gasteiger partial charge on any atom is 0.338 e. The first-order valence-electron chi connectivity index (χ1n) is 10.5. The van der Waals surface area contributed by atoms with Crippen LogP contribution in [0.5, 0.6) is 0 Å². The Morgan fingerprint density at radius 2 is 1.85 bits per heavy atom. The summed E-state index contributed by atoms with van der Waals surface area (Å²) < 4.78 is 30.4. The molecule has 0 spiro atoms. The SMILES string of the molecule is Cc1ccc(N2CCC(n3nnc4cc(-c5ccc(C(=O)O)c(F)c5F)ncc43)CC2)nc1. The van der Waals surface area contributed by atoms with Gasteiger partial charge in [0, 0.05) is 24.8 Å². The molecule has 4 heterocycles. The predicted octanol–water partition coefficient (Wildman–Crippen LogP) is 4.01. The Morgan fingerprint density at radius 1 is 1.06 bits per heavy atom. The van der Waals surface area contributed by atoms with Crippen LogP contribution in [0.3, 0.4) is 0 Å². The van der Waals surface area contributed by atoms with Gasteiger partial charge in [0.25, 0.3) is 0 Å². The smallest absolute Gasteiger partial charge is 0.338 e. The average Bonchev–Trinajstić information content (AvgIpc) is 3.24. The van der Waals surface area contributed by atoms with Crippen molar-refractivity contribution in [2.75, 3.05) is 18.0 Å². The first-order valence-corrected chi connectivity index (χ1v) is 10.5. The molecule has 0 radical (unpaired) electrons. The van der Waals surface area contributed by atoms with Gasteiger partial charge in [0.1, 0.15) is 16.9 Å². The standard InChI is InChI=1S/C23H20F2N6O2/c1-13-2-5-20(27-11-13)30-8-6-14(7-9-30)31-19-12-26-17(10-18(19)28-29-31)15-3-4-16(23(32)33)22(25)21(15)24/h2-5,10-12,14H,6-9H2,1H3,(H,32,33). The van der Waals surface area contributed by atoms with E-state index in [9.17, 15) is 13.6 Å². The number of aromatic nitrogens is 5. The molecule has 1 saturated heterocycles. The Hall–Kier alpha value is -3.95. The molecule has 1 aromatic carbocycles. The Balaban J connectivity index is 1.38. The molecular formula is C23H20F2N6O2. The number of halogens is 2. The predicted molar refractivity (Wildman–Crippen MR) is 117 cm³/mol. The number of hydrogen-bond acceptors (Lipinski definition) is 6. The van der Waals surface area contributed by atoms with Crippen LogP contribution >= 0.6 is 0 Å². The van der Waals surface area contributed by atoms with Crippen molar-refractivity contribution in [1.82, 2.24) is 25.0 Å². The quantitative estimate of drug-likeness (QED) is 0.502. The van der Waals surface area contributed by atoms with Gasteiger partial charge in [0.15, 0.2) is 11.6 Å². The molecule has 1 fully saturated rings. The van der Waals surface area contributed by atoms with Crippen LogP contribution < -0.4 is 4.90 Å². The Bertz CT molecular complexity index is 1350. The summed E-state index contributed by atoms with van der Waals surface area (Å²) in [6.07, 6.45) is 5.11. The highest BCUT2D eigenvalue weighted by atomic mass is 19.2. The molecule has 1 aliphatic heterocycles. The molecule has 1 aliphatic rings. The van der Waals surface area contributed by atoms with Crippen LogP contribution in [0.25, 0.3) is 22.3 Å². The minimum absolute atomic E-state index is 0.132. The van der Waals surface area contributed by atoms with Crippen molar-refractivity contribution in [3.8, 4) is 11.3 Å². The van der Waals surface area contributed by atoms with Crippen LogP contribution in [-0.2, 0) is 0 Å². The maximum absolute atomic E-state index is 14.5. The number of benzene rings is 1. The molecule has 4 aromatic rings. The van der Waals surface area contributed by atoms with E-state index < -0.39 is 23.2 Å². The fourth-order valence-corrected chi connectivity index (χ4v) is 4.15. The van der Waals surface area contributed by atoms with Crippen LogP contribution in [0.2, 0.25) is 0 Å². The minimum atomic E-state index is -1.53. The van der Waals surface area contributed by atoms with Crippen LogP contribution in [0.4, 0.5) is 14.6 Å². The first-order chi connectivity index (χ1) is 15.9. The van der Waals surface area contributed by atoms with Gasteiger partial charge in [-0.2, -0.15) is 0 Å². The third kappa shape index (κ3) is 3.77. The highest BCUT2D eigenvalue weighted by molar-refractivity contribution is 5.89. The molecule has 0 unspecified atom stereocenters. The van der Waals surface area contributed by atoms with Gasteiger partial charge in [0.05, 0.1) is 23.5 Å². The van der Waals surface area contributed by atoms with E-state index in [2.05, 4.69) is 25.2 Å². The van der Waals surface area contributed by atoms with Gasteiger partial charge in [-0.3, -0.25) is 4.98 Å². The second kappa shape index (κ2) is 8.19. The zero-order valence-electron chi connectivity index (χ0n) is 17.7. The van der Waals surface area contributed by atoms with Crippen molar-refractivity contribution < 1.29 is 18.7 Å². The van der Waals surface area contributed by atoms with Crippen LogP contribution in [0, 0.1) is 18.6 Å². The van der Waals surface area contributed by atoms with E-state index in [0.29, 0.717) is 11.0 Å². The zero-order chi connectivity index (χ0) is 23.1. The van der Waals surface area contributed by atoms with Gasteiger partial charge in [0.2, 0.25) is 0 Å². The summed E-state index contributed by atoms with van der Waals surface area (Å²) in [5, 5.41) is 17.5. The van der Waals surface area contributed by atoms with Crippen molar-refractivity contribution in [1.29, 1.82) is 0 Å². The number of rotatable bonds is 4. The number of carboxylic acids is 1. The van der Waals surface area contributed by atoms with Crippen LogP contribution in [-0.4, -0.2) is 49.1 Å². The highest BCUT2D eigenvalue weighted by Gasteiger charge is 2.25. The molecule has 0 bridgehead atoms. The fourth-order valence-electron chi connectivity index (χ4n) is 4.15. The normalized spacial score (nSPS) is 14.7. The number of carboxylic acid groups (broad SMARTS) is 1. The summed E-state index contributed by atoms with van der Waals surface area (Å²) >= 11 is 0. The maximum atomic E-state index is 14.5. The molecule has 0 aliphatic carbocycles. The molecular weight excluding hydrogens is 430 g/mol. The van der Waals surface area contributed by atoms with Gasteiger partial charge >= 0.3 is 5.97 Å². The number of aryl methyl sites for hydroxylation is 1. The number of anilines is 1. The van der Waals surface area contributed by atoms with Gasteiger partial charge in [-0.15, -0.1) is 5.10 Å². The van der Waals surface area contributed by atoms with Crippen molar-refractivity contribution in [2.45, 2.75) is 25.8 Å². The zero-order valence-corrected chi connectivity index (χ0v) is 17.7. The third-order valence-corrected chi connectivity index (χ3v) is 5.98. The van der Waals surface area contributed by atoms with Crippen LogP contribution in [0.15, 0.2) is 42.7 Å². The summed E-state index contributed by atoms with van der Waals surface area (Å²) in [7, 11) is 0. The van der Waals surface area contributed by atoms with E-state index in [1.807, 2.05) is 29.9 Å². The third-order valence-electron chi connectivity index (χ3n) is 5.98. The summed E-state index contributed by atoms with van der Waals surface area (Å²) in [4.78, 5) is 22.0. The summed E-state index contributed by atoms with van der Waals surface area (Å²) in [5.41, 5.74) is 1.62. The number of pyridine rings is 2. The average molecular weight is 450 g/mol. The van der Waals surface area contributed by atoms with E-state index in [4.69, 9.17) is 5.11 Å². The minimum Gasteiger partial charge on any atom is -0.478 e. The number of fused-ring (bicyclic) bond motifs is 1. The number of carbonyl (C=O) groups is 1. The number of piperidine rings is 1. The molecule has 1 N–H and O–H groups in total. The van der Waals surface area contributed by atoms with Crippen molar-refractivity contribution in [3.63, 3.8) is 0 Å². The topological polar surface area (TPSA) is 97.0 Å². The monoisotopic (exact) mass is 450 g/mol. The number of nitrogens with zero attached hydrogens (tertiary/aromatic N) is 6. The Morgan fingerprint density at radius 3 is 2.55 bits per heavy atom. The second-order valence-electron chi connectivity index (χ2n) is 8.10. The Kier molecular flexibility index (Phi) is 5.20. The lowest BCUT2D eigenvalue weighted by Gasteiger charge is -2.32. The van der Waals surface area contributed by atoms with E-state index >= 15 is 0 Å². The second-order valence-corrected chi connectivity index (χ2v) is 8.10. The van der Waals surface area contributed by atoms with Gasteiger partial charge < -0.3 is 10.0 Å². The molecule has 0 saturated carbocycles. The molecule has 0 atom stereocenters. The molecule has 168 valence electrons. The number of hydrogen-bond donors (Lipinski definition) is 1. The lowest BCUT2D eigenvalue weighted by Crippen LogP contribution is -2.35. The highest BCUT2D eigenvalue weighted by Crippen LogP contribution is 2.30. The largest absolute Gasteiger partial charge is 0.478 e. The lowest BCUT2D eigenvalue weighted by atomic mass is 10.0. The number of aromatic carboxylic acids is 1. The van der Waals surface area contributed by atoms with Gasteiger partial charge in [-0.1, -0.05) is 11.3 Å². The summed E-state index contributed by atoms with van der Waals surface area (Å²) in [6.45, 7) is 3.66. The van der Waals surface area contributed by atoms with E-state index in [1.165, 1.54) is 12.1 Å². The van der Waals surface area contributed by atoms with Gasteiger partial charge in [-0.25, -0.2) is 23.2 Å². The molecule has 3 aromatic heterocycles. The summed E-state index contributed by atoms with van der Waals surface area (Å²) in [6, 6.07) is 7.96. The molecule has 5 rings (SSSR count). The molecule has 8 nitrogen and oxygen atoms in total. The van der Waals surface area contributed by atoms with Crippen molar-refractivity contribution in [2.24, 2.45) is 0 Å². The summed E-state index contributed by atoms with van der Waals surface area (Å²) in [5.74, 6) is -3.25. The van der Waals surface area contributed by atoms with Crippen molar-refractivity contribution in [3.05, 3.63) is 65.5 Å². The van der Waals surface area contributed by atoms with E-state index in [1.54, 1.807) is 6.20 Å². The van der Waals surface area contributed by atoms with Gasteiger partial charge in [-0.05, 0) is 49.6 Å². The fraction of sp³-hybridized carbons (Fsp3) is 0.261. The molecule has 0 amide bonds. The molecule has 10 heteroatoms. The Labute approximate surface area is 187 Å². The van der Waals surface area contributed by atoms with Crippen molar-refractivity contribution >= 4 is 22.8 Å². The van der Waals surface area contributed by atoms with E-state index in [0.717, 1.165) is 43.4 Å². The van der Waals surface area contributed by atoms with E-state index in [-0.39, 0.29) is 17.3 Å². The molecule has 33 heavy (non-hydrogen) atoms. The van der Waals surface area contributed by atoms with Crippen LogP contribution in [0.1, 0.15) is 34.8 Å². The first kappa shape index (κ1) is 20.9. The lowest BCUT2D eigenvalue weighted by molar-refractivity contribution is 0.0690.